The third kappa shape index (κ3) is 8.22. The van der Waals surface area contributed by atoms with Crippen molar-refractivity contribution in [2.75, 3.05) is 0 Å². The van der Waals surface area contributed by atoms with Gasteiger partial charge in [0.1, 0.15) is 0 Å². The second-order valence-corrected chi connectivity index (χ2v) is 9.62. The molecular formula is C31H20F6N2O8. The highest BCUT2D eigenvalue weighted by atomic mass is 19.4. The molecule has 0 aromatic heterocycles. The molecule has 0 unspecified atom stereocenters. The van der Waals surface area contributed by atoms with Crippen molar-refractivity contribution in [2.45, 2.75) is 24.6 Å². The van der Waals surface area contributed by atoms with E-state index in [2.05, 4.69) is 0 Å². The second kappa shape index (κ2) is 13.6. The molecule has 0 saturated heterocycles. The Kier molecular flexibility index (Phi) is 9.82. The fourth-order valence-corrected chi connectivity index (χ4v) is 4.19. The maximum Gasteiger partial charge on any atom is 0.416 e. The Morgan fingerprint density at radius 2 is 1.11 bits per heavy atom. The first kappa shape index (κ1) is 34.0. The lowest BCUT2D eigenvalue weighted by Gasteiger charge is -2.24. The number of fused-ring (bicyclic) bond motifs is 1. The van der Waals surface area contributed by atoms with E-state index in [1.807, 2.05) is 10.9 Å². The molecule has 0 radical (unpaired) electrons. The molecule has 0 saturated carbocycles. The first-order chi connectivity index (χ1) is 22.1. The van der Waals surface area contributed by atoms with Crippen LogP contribution in [0.1, 0.15) is 42.2 Å². The summed E-state index contributed by atoms with van der Waals surface area (Å²) in [4.78, 5) is 63.9. The normalized spacial score (nSPS) is 12.8. The maximum absolute atomic E-state index is 13.2. The van der Waals surface area contributed by atoms with E-state index in [0.717, 1.165) is 24.3 Å². The van der Waals surface area contributed by atoms with E-state index in [1.54, 1.807) is 30.3 Å². The van der Waals surface area contributed by atoms with Crippen LogP contribution >= 0.6 is 0 Å². The Balaban J connectivity index is 1.64. The lowest BCUT2D eigenvalue weighted by Crippen LogP contribution is -2.54. The quantitative estimate of drug-likeness (QED) is 0.133. The van der Waals surface area contributed by atoms with Crippen molar-refractivity contribution in [1.82, 2.24) is 10.9 Å². The van der Waals surface area contributed by atoms with E-state index in [1.165, 1.54) is 12.1 Å². The van der Waals surface area contributed by atoms with Crippen LogP contribution in [0.2, 0.25) is 0 Å². The van der Waals surface area contributed by atoms with Crippen molar-refractivity contribution in [1.29, 1.82) is 0 Å². The van der Waals surface area contributed by atoms with Gasteiger partial charge in [-0.2, -0.15) is 26.3 Å². The minimum atomic E-state index is -4.91. The Morgan fingerprint density at radius 1 is 0.617 bits per heavy atom. The zero-order chi connectivity index (χ0) is 34.5. The van der Waals surface area contributed by atoms with Crippen molar-refractivity contribution in [3.8, 4) is 0 Å². The van der Waals surface area contributed by atoms with Crippen LogP contribution in [0.25, 0.3) is 10.8 Å². The third-order valence-electron chi connectivity index (χ3n) is 6.43. The molecule has 2 atom stereocenters. The average Bonchev–Trinajstić information content (AvgIpc) is 3.03. The molecule has 0 spiro atoms. The van der Waals surface area contributed by atoms with Crippen molar-refractivity contribution in [3.63, 3.8) is 0 Å². The van der Waals surface area contributed by atoms with Crippen molar-refractivity contribution in [2.24, 2.45) is 0 Å². The lowest BCUT2D eigenvalue weighted by atomic mass is 10.0. The molecule has 4 rings (SSSR count). The number of nitrogens with one attached hydrogen (secondary N) is 2. The molecule has 3 N–H and O–H groups in total. The van der Waals surface area contributed by atoms with E-state index < -0.39 is 76.5 Å². The summed E-state index contributed by atoms with van der Waals surface area (Å²) in [5.41, 5.74) is -0.387. The summed E-state index contributed by atoms with van der Waals surface area (Å²) in [6.07, 6.45) is -15.3. The monoisotopic (exact) mass is 662 g/mol. The number of carboxylic acids is 1. The first-order valence-electron chi connectivity index (χ1n) is 13.1. The summed E-state index contributed by atoms with van der Waals surface area (Å²) < 4.78 is 88.8. The number of ether oxygens (including phenoxy) is 2. The topological polar surface area (TPSA) is 148 Å². The summed E-state index contributed by atoms with van der Waals surface area (Å²) >= 11 is 0. The first-order valence-corrected chi connectivity index (χ1v) is 13.1. The smallest absolute Gasteiger partial charge is 0.416 e. The molecule has 4 aromatic rings. The number of alkyl halides is 6. The van der Waals surface area contributed by atoms with Gasteiger partial charge in [-0.05, 0) is 53.2 Å². The Hall–Kier alpha value is -5.93. The molecule has 0 aliphatic carbocycles. The zero-order valence-corrected chi connectivity index (χ0v) is 23.4. The van der Waals surface area contributed by atoms with E-state index in [9.17, 15) is 55.4 Å². The van der Waals surface area contributed by atoms with Gasteiger partial charge in [0.25, 0.3) is 11.8 Å². The van der Waals surface area contributed by atoms with Gasteiger partial charge in [0, 0.05) is 5.56 Å². The molecular weight excluding hydrogens is 642 g/mol. The fraction of sp³-hybridized carbons (Fsp3) is 0.129. The molecule has 0 aliphatic heterocycles. The second-order valence-electron chi connectivity index (χ2n) is 9.62. The number of halogens is 6. The number of carbonyl (C=O) groups excluding carboxylic acids is 4. The minimum absolute atomic E-state index is 0.0340. The lowest BCUT2D eigenvalue weighted by molar-refractivity contribution is -0.159. The number of hydrogen-bond donors (Lipinski definition) is 3. The SMILES string of the molecule is O=C(O[C@@H](C(=O)O)[C@@H](OC(=O)c1cccc(C(F)(F)F)c1)C(=O)NNC(=O)c1cccc2ccccc12)c1cccc(C(F)(F)F)c1. The minimum Gasteiger partial charge on any atom is -0.478 e. The van der Waals surface area contributed by atoms with Gasteiger partial charge in [-0.1, -0.05) is 48.5 Å². The highest BCUT2D eigenvalue weighted by molar-refractivity contribution is 6.07. The average molecular weight is 662 g/mol. The molecule has 2 amide bonds. The van der Waals surface area contributed by atoms with Crippen molar-refractivity contribution >= 4 is 40.5 Å². The Labute approximate surface area is 259 Å². The summed E-state index contributed by atoms with van der Waals surface area (Å²) in [5.74, 6) is -8.11. The molecule has 0 bridgehead atoms. The number of hydrazine groups is 1. The van der Waals surface area contributed by atoms with E-state index >= 15 is 0 Å². The van der Waals surface area contributed by atoms with Crippen LogP contribution in [0.4, 0.5) is 26.3 Å². The maximum atomic E-state index is 13.2. The standard InChI is InChI=1S/C31H20F6N2O8/c32-30(33,34)19-10-3-8-17(14-19)28(44)46-23(24(27(42)43)47-29(45)18-9-4-11-20(15-18)31(35,36)37)26(41)39-38-25(40)22-13-5-7-16-6-1-2-12-21(16)22/h1-15,23-24H,(H,38,40)(H,39,41)(H,42,43)/t23-,24-/m1/s1. The number of benzene rings is 4. The number of carboxylic acid groups (broad SMARTS) is 1. The predicted octanol–water partition coefficient (Wildman–Crippen LogP) is 5.17. The molecule has 244 valence electrons. The zero-order valence-electron chi connectivity index (χ0n) is 23.4. The number of esters is 2. The van der Waals surface area contributed by atoms with E-state index in [-0.39, 0.29) is 5.56 Å². The van der Waals surface area contributed by atoms with Gasteiger partial charge >= 0.3 is 30.3 Å². The molecule has 16 heteroatoms. The van der Waals surface area contributed by atoms with Gasteiger partial charge in [0.15, 0.2) is 0 Å². The largest absolute Gasteiger partial charge is 0.478 e. The summed E-state index contributed by atoms with van der Waals surface area (Å²) in [5, 5.41) is 10.9. The molecule has 0 heterocycles. The van der Waals surface area contributed by atoms with Crippen LogP contribution < -0.4 is 10.9 Å². The Bertz CT molecular complexity index is 1850. The van der Waals surface area contributed by atoms with Gasteiger partial charge in [-0.25, -0.2) is 14.4 Å². The Morgan fingerprint density at radius 3 is 1.64 bits per heavy atom. The number of aliphatic carboxylic acids is 1. The number of hydrogen-bond acceptors (Lipinski definition) is 7. The van der Waals surface area contributed by atoms with Gasteiger partial charge < -0.3 is 14.6 Å². The van der Waals surface area contributed by atoms with Gasteiger partial charge in [-0.3, -0.25) is 20.4 Å². The van der Waals surface area contributed by atoms with Crippen LogP contribution in [0.5, 0.6) is 0 Å². The van der Waals surface area contributed by atoms with Gasteiger partial charge in [0.2, 0.25) is 12.2 Å². The van der Waals surface area contributed by atoms with E-state index in [4.69, 9.17) is 9.47 Å². The molecule has 0 fully saturated rings. The molecule has 4 aromatic carbocycles. The van der Waals surface area contributed by atoms with Crippen molar-refractivity contribution < 1.29 is 64.9 Å². The summed E-state index contributed by atoms with van der Waals surface area (Å²) in [6, 6.07) is 16.4. The van der Waals surface area contributed by atoms with Gasteiger partial charge in [-0.15, -0.1) is 0 Å². The van der Waals surface area contributed by atoms with Crippen molar-refractivity contribution in [3.05, 3.63) is 119 Å². The molecule has 10 nitrogen and oxygen atoms in total. The molecule has 47 heavy (non-hydrogen) atoms. The van der Waals surface area contributed by atoms with Crippen LogP contribution in [-0.4, -0.2) is 47.0 Å². The highest BCUT2D eigenvalue weighted by Gasteiger charge is 2.42. The third-order valence-corrected chi connectivity index (χ3v) is 6.43. The van der Waals surface area contributed by atoms with Gasteiger partial charge in [0.05, 0.1) is 22.3 Å². The predicted molar refractivity (Wildman–Crippen MR) is 148 cm³/mol. The van der Waals surface area contributed by atoms with Crippen LogP contribution in [0.15, 0.2) is 91.0 Å². The number of carbonyl (C=O) groups is 5. The summed E-state index contributed by atoms with van der Waals surface area (Å²) in [6.45, 7) is 0. The fourth-order valence-electron chi connectivity index (χ4n) is 4.19. The highest BCUT2D eigenvalue weighted by Crippen LogP contribution is 2.31. The van der Waals surface area contributed by atoms with Crippen LogP contribution in [0.3, 0.4) is 0 Å². The van der Waals surface area contributed by atoms with Crippen LogP contribution in [-0.2, 0) is 31.4 Å². The number of rotatable bonds is 8. The van der Waals surface area contributed by atoms with Crippen LogP contribution in [0, 0.1) is 0 Å². The molecule has 0 aliphatic rings. The number of amides is 2. The van der Waals surface area contributed by atoms with E-state index in [0.29, 0.717) is 35.0 Å². The summed E-state index contributed by atoms with van der Waals surface area (Å²) in [7, 11) is 0.